The van der Waals surface area contributed by atoms with E-state index in [1.54, 1.807) is 0 Å². The van der Waals surface area contributed by atoms with Crippen LogP contribution in [0.4, 0.5) is 0 Å². The zero-order chi connectivity index (χ0) is 10.9. The Morgan fingerprint density at radius 1 is 1.00 bits per heavy atom. The second-order valence-electron chi connectivity index (χ2n) is 1.91. The molecule has 0 saturated heterocycles. The minimum absolute atomic E-state index is 0.363. The van der Waals surface area contributed by atoms with Gasteiger partial charge in [0.05, 0.1) is 0 Å². The Morgan fingerprint density at radius 2 is 1.23 bits per heavy atom. The van der Waals surface area contributed by atoms with Crippen molar-refractivity contribution in [3.8, 4) is 0 Å². The van der Waals surface area contributed by atoms with Crippen LogP contribution in [-0.2, 0) is 45.2 Å². The number of carboxylic acid groups (broad SMARTS) is 1. The van der Waals surface area contributed by atoms with Crippen LogP contribution < -0.4 is 0 Å². The summed E-state index contributed by atoms with van der Waals surface area (Å²) in [5.74, 6) is -1.56. The van der Waals surface area contributed by atoms with Crippen LogP contribution in [0.2, 0.25) is 0 Å². The third-order valence-corrected chi connectivity index (χ3v) is 4.60. The van der Waals surface area contributed by atoms with Gasteiger partial charge in [0, 0.05) is 6.92 Å². The summed E-state index contributed by atoms with van der Waals surface area (Å²) in [6, 6.07) is 0. The second-order valence-corrected chi connectivity index (χ2v) is 5.07. The standard InChI is InChI=1S/3C2H4O2.Hg/c3*1-2(3)4;/h3*1H3,(H,3,4);/q;;;+2/p-2. The number of hydrogen-bond acceptors (Lipinski definition) is 5. The summed E-state index contributed by atoms with van der Waals surface area (Å²) in [6.07, 6.45) is 0. The van der Waals surface area contributed by atoms with Crippen LogP contribution >= 0.6 is 0 Å². The fraction of sp³-hybridized carbons (Fsp3) is 0.500. The molecule has 0 atom stereocenters. The summed E-state index contributed by atoms with van der Waals surface area (Å²) in [5, 5.41) is 7.42. The van der Waals surface area contributed by atoms with Crippen molar-refractivity contribution in [1.29, 1.82) is 0 Å². The van der Waals surface area contributed by atoms with Gasteiger partial charge in [-0.2, -0.15) is 0 Å². The van der Waals surface area contributed by atoms with E-state index in [1.165, 1.54) is 13.8 Å². The summed E-state index contributed by atoms with van der Waals surface area (Å²) < 4.78 is 8.99. The summed E-state index contributed by atoms with van der Waals surface area (Å²) in [4.78, 5) is 29.1. The average molecular weight is 379 g/mol. The zero-order valence-electron chi connectivity index (χ0n) is 7.70. The Balaban J connectivity index is 0. The van der Waals surface area contributed by atoms with Crippen LogP contribution in [0.25, 0.3) is 0 Å². The molecule has 72 valence electrons. The molecule has 0 rings (SSSR count). The van der Waals surface area contributed by atoms with Crippen molar-refractivity contribution in [3.63, 3.8) is 0 Å². The average Bonchev–Trinajstić information content (AvgIpc) is 1.83. The molecule has 0 bridgehead atoms. The van der Waals surface area contributed by atoms with Crippen LogP contribution in [-0.4, -0.2) is 23.0 Å². The van der Waals surface area contributed by atoms with Crippen LogP contribution in [0.5, 0.6) is 0 Å². The fourth-order valence-corrected chi connectivity index (χ4v) is 1.71. The van der Waals surface area contributed by atoms with E-state index in [0.717, 1.165) is 6.92 Å². The SMILES string of the molecule is CC(=O)O.CC(=O)[O][Hg][O]C(C)=O. The molecule has 13 heavy (non-hydrogen) atoms. The maximum absolute atomic E-state index is 10.1. The number of carboxylic acids is 1. The van der Waals surface area contributed by atoms with Crippen LogP contribution in [0.1, 0.15) is 20.8 Å². The predicted molar refractivity (Wildman–Crippen MR) is 36.8 cm³/mol. The van der Waals surface area contributed by atoms with E-state index >= 15 is 0 Å². The van der Waals surface area contributed by atoms with Crippen LogP contribution in [0, 0.1) is 0 Å². The molecule has 0 saturated carbocycles. The van der Waals surface area contributed by atoms with Gasteiger partial charge in [-0.1, -0.05) is 0 Å². The molecule has 0 amide bonds. The molecule has 0 aromatic heterocycles. The predicted octanol–water partition coefficient (Wildman–Crippen LogP) is 0.116. The Hall–Kier alpha value is -0.655. The number of carbonyl (C=O) groups excluding carboxylic acids is 2. The number of aliphatic carboxylic acids is 1. The van der Waals surface area contributed by atoms with Crippen molar-refractivity contribution in [2.45, 2.75) is 20.8 Å². The first-order valence-electron chi connectivity index (χ1n) is 3.32. The van der Waals surface area contributed by atoms with Crippen molar-refractivity contribution in [2.75, 3.05) is 0 Å². The van der Waals surface area contributed by atoms with Gasteiger partial charge in [0.15, 0.2) is 0 Å². The minimum atomic E-state index is -2.04. The molecule has 0 aromatic rings. The molecule has 7 heteroatoms. The number of carbonyl (C=O) groups is 3. The Bertz CT molecular complexity index is 172. The van der Waals surface area contributed by atoms with Gasteiger partial charge in [0.2, 0.25) is 0 Å². The van der Waals surface area contributed by atoms with Gasteiger partial charge in [-0.15, -0.1) is 0 Å². The summed E-state index contributed by atoms with van der Waals surface area (Å²) in [7, 11) is 0. The molecule has 0 radical (unpaired) electrons. The third-order valence-electron chi connectivity index (χ3n) is 0.524. The number of rotatable bonds is 2. The van der Waals surface area contributed by atoms with E-state index in [1.807, 2.05) is 0 Å². The quantitative estimate of drug-likeness (QED) is 0.686. The molecular weight excluding hydrogens is 369 g/mol. The Labute approximate surface area is 89.0 Å². The molecule has 0 unspecified atom stereocenters. The fourth-order valence-electron chi connectivity index (χ4n) is 0.195. The van der Waals surface area contributed by atoms with E-state index in [-0.39, 0.29) is 11.9 Å². The molecule has 1 N–H and O–H groups in total. The van der Waals surface area contributed by atoms with Crippen molar-refractivity contribution >= 4 is 17.9 Å². The van der Waals surface area contributed by atoms with Gasteiger partial charge in [-0.25, -0.2) is 0 Å². The molecule has 0 heterocycles. The molecular formula is C6H10HgO6. The molecule has 0 fully saturated rings. The van der Waals surface area contributed by atoms with Gasteiger partial charge < -0.3 is 5.11 Å². The summed E-state index contributed by atoms with van der Waals surface area (Å²) in [5.41, 5.74) is 0. The topological polar surface area (TPSA) is 89.9 Å². The third kappa shape index (κ3) is 34.7. The van der Waals surface area contributed by atoms with Crippen LogP contribution in [0.3, 0.4) is 0 Å². The van der Waals surface area contributed by atoms with Gasteiger partial charge in [-0.05, 0) is 0 Å². The first kappa shape index (κ1) is 14.8. The van der Waals surface area contributed by atoms with Gasteiger partial charge in [0.25, 0.3) is 5.97 Å². The number of hydrogen-bond donors (Lipinski definition) is 1. The molecule has 0 aromatic carbocycles. The van der Waals surface area contributed by atoms with Gasteiger partial charge in [0.1, 0.15) is 0 Å². The molecule has 0 aliphatic rings. The van der Waals surface area contributed by atoms with E-state index in [4.69, 9.17) is 9.90 Å². The first-order valence-corrected chi connectivity index (χ1v) is 7.81. The molecule has 0 aliphatic heterocycles. The maximum atomic E-state index is 10.1. The molecule has 6 nitrogen and oxygen atoms in total. The van der Waals surface area contributed by atoms with E-state index in [0.29, 0.717) is 0 Å². The van der Waals surface area contributed by atoms with E-state index in [2.05, 4.69) is 5.29 Å². The van der Waals surface area contributed by atoms with Crippen LogP contribution in [0.15, 0.2) is 0 Å². The van der Waals surface area contributed by atoms with E-state index in [9.17, 15) is 9.59 Å². The summed E-state index contributed by atoms with van der Waals surface area (Å²) >= 11 is -2.04. The monoisotopic (exact) mass is 380 g/mol. The zero-order valence-corrected chi connectivity index (χ0v) is 13.2. The van der Waals surface area contributed by atoms with Crippen molar-refractivity contribution in [2.24, 2.45) is 0 Å². The Kier molecular flexibility index (Phi) is 10.8. The Morgan fingerprint density at radius 3 is 1.38 bits per heavy atom. The molecule has 0 aliphatic carbocycles. The van der Waals surface area contributed by atoms with E-state index < -0.39 is 31.5 Å². The van der Waals surface area contributed by atoms with Crippen molar-refractivity contribution < 1.29 is 50.3 Å². The normalized spacial score (nSPS) is 7.00. The first-order chi connectivity index (χ1) is 5.86. The van der Waals surface area contributed by atoms with Gasteiger partial charge in [-0.3, -0.25) is 4.79 Å². The van der Waals surface area contributed by atoms with Gasteiger partial charge >= 0.3 is 66.2 Å². The second kappa shape index (κ2) is 9.43. The summed E-state index contributed by atoms with van der Waals surface area (Å²) in [6.45, 7) is 3.67. The molecule has 0 spiro atoms. The van der Waals surface area contributed by atoms with Crippen molar-refractivity contribution in [3.05, 3.63) is 0 Å². The van der Waals surface area contributed by atoms with Crippen molar-refractivity contribution in [1.82, 2.24) is 0 Å².